The Morgan fingerprint density at radius 2 is 1.74 bits per heavy atom. The molecule has 2 aliphatic carbocycles. The highest BCUT2D eigenvalue weighted by atomic mass is 19.4. The third kappa shape index (κ3) is 4.10. The number of nitrogens with two attached hydrogens (primary N) is 1. The minimum Gasteiger partial charge on any atom is -0.373 e. The molecule has 4 atom stereocenters. The molecule has 1 saturated heterocycles. The Hall–Kier alpha value is -2.26. The molecule has 1 saturated carbocycles. The van der Waals surface area contributed by atoms with E-state index in [9.17, 15) is 40.3 Å². The van der Waals surface area contributed by atoms with Crippen molar-refractivity contribution in [2.75, 3.05) is 20.2 Å². The van der Waals surface area contributed by atoms with Crippen LogP contribution in [-0.2, 0) is 4.74 Å². The molecule has 0 spiro atoms. The van der Waals surface area contributed by atoms with Crippen LogP contribution in [0.3, 0.4) is 0 Å². The van der Waals surface area contributed by atoms with Crippen molar-refractivity contribution in [1.82, 2.24) is 14.5 Å². The van der Waals surface area contributed by atoms with Crippen LogP contribution in [0.15, 0.2) is 15.4 Å². The van der Waals surface area contributed by atoms with Gasteiger partial charge >= 0.3 is 17.8 Å². The molecule has 0 radical (unpaired) electrons. The number of rotatable bonds is 6. The number of aromatic amines is 1. The number of halogens is 8. The first-order chi connectivity index (χ1) is 16.2. The number of methoxy groups -OCH3 is 1. The number of alkyl halides is 7. The first kappa shape index (κ1) is 25.8. The Morgan fingerprint density at radius 3 is 2.26 bits per heavy atom. The average molecular weight is 518 g/mol. The second-order valence-corrected chi connectivity index (χ2v) is 8.97. The summed E-state index contributed by atoms with van der Waals surface area (Å²) in [4.78, 5) is 28.0. The highest BCUT2D eigenvalue weighted by Crippen LogP contribution is 2.48. The topological polar surface area (TPSA) is 93.3 Å². The zero-order valence-electron chi connectivity index (χ0n) is 18.2. The van der Waals surface area contributed by atoms with E-state index in [0.717, 1.165) is 16.6 Å². The van der Waals surface area contributed by atoms with E-state index in [1.165, 1.54) is 0 Å². The van der Waals surface area contributed by atoms with Crippen LogP contribution >= 0.6 is 0 Å². The molecule has 2 heterocycles. The maximum atomic E-state index is 15.6. The lowest BCUT2D eigenvalue weighted by atomic mass is 9.87. The van der Waals surface area contributed by atoms with E-state index >= 15 is 4.39 Å². The molecule has 35 heavy (non-hydrogen) atoms. The van der Waals surface area contributed by atoms with Crippen molar-refractivity contribution >= 4 is 5.57 Å². The molecule has 4 rings (SSSR count). The Balaban J connectivity index is 1.79. The van der Waals surface area contributed by atoms with Crippen LogP contribution in [0.2, 0.25) is 0 Å². The van der Waals surface area contributed by atoms with Gasteiger partial charge in [-0.05, 0) is 31.7 Å². The van der Waals surface area contributed by atoms with Crippen LogP contribution in [0, 0.1) is 5.92 Å². The molecule has 1 aromatic rings. The molecule has 1 aromatic heterocycles. The van der Waals surface area contributed by atoms with E-state index in [0.29, 0.717) is 12.8 Å². The number of fused-ring (bicyclic) bond motifs is 1. The molecule has 1 aliphatic heterocycles. The summed E-state index contributed by atoms with van der Waals surface area (Å²) in [6.07, 6.45) is -10.2. The molecule has 0 amide bonds. The quantitative estimate of drug-likeness (QED) is 0.566. The average Bonchev–Trinajstić information content (AvgIpc) is 3.47. The van der Waals surface area contributed by atoms with Gasteiger partial charge in [-0.2, -0.15) is 22.0 Å². The van der Waals surface area contributed by atoms with E-state index < -0.39 is 83.4 Å². The number of nitrogens with zero attached hydrogens (tertiary/aromatic N) is 2. The van der Waals surface area contributed by atoms with Crippen molar-refractivity contribution in [2.24, 2.45) is 11.7 Å². The Bertz CT molecular complexity index is 1140. The van der Waals surface area contributed by atoms with E-state index in [1.54, 1.807) is 0 Å². The van der Waals surface area contributed by atoms with Gasteiger partial charge in [0.25, 0.3) is 12.0 Å². The number of hydrogen-bond donors (Lipinski definition) is 2. The lowest BCUT2D eigenvalue weighted by molar-refractivity contribution is -0.293. The van der Waals surface area contributed by atoms with Crippen LogP contribution in [0.5, 0.6) is 0 Å². The first-order valence-electron chi connectivity index (χ1n) is 10.8. The maximum Gasteiger partial charge on any atom is 0.454 e. The normalized spacial score (nSPS) is 27.0. The third-order valence-electron chi connectivity index (χ3n) is 6.86. The van der Waals surface area contributed by atoms with Gasteiger partial charge in [0.1, 0.15) is 11.9 Å². The van der Waals surface area contributed by atoms with Gasteiger partial charge in [0.05, 0.1) is 28.9 Å². The van der Waals surface area contributed by atoms with Gasteiger partial charge in [0.15, 0.2) is 0 Å². The minimum absolute atomic E-state index is 0.257. The van der Waals surface area contributed by atoms with Gasteiger partial charge < -0.3 is 10.5 Å². The summed E-state index contributed by atoms with van der Waals surface area (Å²) in [5.41, 5.74) is 0.814. The number of likely N-dealkylation sites (tertiary alicyclic amines) is 1. The van der Waals surface area contributed by atoms with Crippen molar-refractivity contribution in [1.29, 1.82) is 0 Å². The van der Waals surface area contributed by atoms with Crippen LogP contribution < -0.4 is 17.0 Å². The lowest BCUT2D eigenvalue weighted by Crippen LogP contribution is -2.56. The fourth-order valence-electron chi connectivity index (χ4n) is 5.01. The number of aromatic nitrogens is 2. The summed E-state index contributed by atoms with van der Waals surface area (Å²) >= 11 is 0. The van der Waals surface area contributed by atoms with Gasteiger partial charge in [-0.1, -0.05) is 0 Å². The van der Waals surface area contributed by atoms with E-state index in [2.05, 4.69) is 0 Å². The molecular formula is C20H22F8N4O3. The maximum absolute atomic E-state index is 15.6. The predicted molar refractivity (Wildman–Crippen MR) is 106 cm³/mol. The fourth-order valence-corrected chi connectivity index (χ4v) is 5.01. The Morgan fingerprint density at radius 1 is 1.11 bits per heavy atom. The third-order valence-corrected chi connectivity index (χ3v) is 6.86. The Labute approximate surface area is 192 Å². The summed E-state index contributed by atoms with van der Waals surface area (Å²) in [6, 6.07) is -4.80. The van der Waals surface area contributed by atoms with Crippen molar-refractivity contribution in [3.8, 4) is 0 Å². The lowest BCUT2D eigenvalue weighted by Gasteiger charge is -2.39. The second kappa shape index (κ2) is 8.69. The summed E-state index contributed by atoms with van der Waals surface area (Å²) in [6.45, 7) is -0.833. The summed E-state index contributed by atoms with van der Waals surface area (Å²) in [5.74, 6) is -8.16. The molecule has 7 nitrogen and oxygen atoms in total. The molecule has 15 heteroatoms. The molecular weight excluding hydrogens is 496 g/mol. The van der Waals surface area contributed by atoms with Gasteiger partial charge in [0.2, 0.25) is 0 Å². The second-order valence-electron chi connectivity index (χ2n) is 8.97. The molecule has 0 aromatic carbocycles. The van der Waals surface area contributed by atoms with Crippen molar-refractivity contribution < 1.29 is 39.9 Å². The zero-order valence-corrected chi connectivity index (χ0v) is 18.2. The van der Waals surface area contributed by atoms with Gasteiger partial charge in [0, 0.05) is 19.7 Å². The SMILES string of the molecule is COC1c2c(c(=O)[nH]c(=O)n2C2CC2)C(C(F)F)=C(F)C1N1CCC(C(N)C(F)(F)C(F)(F)F)C1. The zero-order chi connectivity index (χ0) is 26.0. The standard InChI is InChI=1S/C20H22F8N4O3/c1-35-14-12-10(17(33)30-18(34)32(12)8-2-3-8)9(16(22)23)11(21)13(14)31-5-4-7(6-31)15(29)19(24,25)20(26,27)28/h7-8,13-16H,2-6,29H2,1H3,(H,30,33,34). The molecule has 2 fully saturated rings. The summed E-state index contributed by atoms with van der Waals surface area (Å²) < 4.78 is 116. The number of hydrogen-bond acceptors (Lipinski definition) is 5. The molecule has 4 unspecified atom stereocenters. The number of nitrogens with one attached hydrogen (secondary N) is 1. The monoisotopic (exact) mass is 518 g/mol. The van der Waals surface area contributed by atoms with Crippen LogP contribution in [0.1, 0.15) is 42.7 Å². The van der Waals surface area contributed by atoms with Crippen LogP contribution in [0.4, 0.5) is 35.1 Å². The van der Waals surface area contributed by atoms with Gasteiger partial charge in [-0.3, -0.25) is 19.2 Å². The molecule has 3 aliphatic rings. The summed E-state index contributed by atoms with van der Waals surface area (Å²) in [5, 5.41) is 0. The van der Waals surface area contributed by atoms with E-state index in [-0.39, 0.29) is 18.7 Å². The van der Waals surface area contributed by atoms with Crippen molar-refractivity contribution in [3.05, 3.63) is 37.9 Å². The van der Waals surface area contributed by atoms with Crippen LogP contribution in [0.25, 0.3) is 5.57 Å². The molecule has 196 valence electrons. The minimum atomic E-state index is -5.91. The number of allylic oxidation sites excluding steroid dienone is 1. The number of ether oxygens (including phenoxy) is 1. The van der Waals surface area contributed by atoms with E-state index in [1.807, 2.05) is 4.98 Å². The Kier molecular flexibility index (Phi) is 6.41. The molecule has 0 bridgehead atoms. The van der Waals surface area contributed by atoms with Crippen molar-refractivity contribution in [2.45, 2.75) is 62.0 Å². The van der Waals surface area contributed by atoms with Crippen LogP contribution in [-0.4, -0.2) is 65.3 Å². The number of H-pyrrole nitrogens is 1. The fraction of sp³-hybridized carbons (Fsp3) is 0.700. The molecule has 3 N–H and O–H groups in total. The van der Waals surface area contributed by atoms with Gasteiger partial charge in [-0.25, -0.2) is 18.0 Å². The largest absolute Gasteiger partial charge is 0.454 e. The smallest absolute Gasteiger partial charge is 0.373 e. The predicted octanol–water partition coefficient (Wildman–Crippen LogP) is 2.73. The summed E-state index contributed by atoms with van der Waals surface area (Å²) in [7, 11) is 1.09. The van der Waals surface area contributed by atoms with E-state index in [4.69, 9.17) is 10.5 Å². The highest BCUT2D eigenvalue weighted by Gasteiger charge is 2.63. The first-order valence-corrected chi connectivity index (χ1v) is 10.8. The van der Waals surface area contributed by atoms with Crippen molar-refractivity contribution in [3.63, 3.8) is 0 Å². The van der Waals surface area contributed by atoms with Gasteiger partial charge in [-0.15, -0.1) is 0 Å². The highest BCUT2D eigenvalue weighted by molar-refractivity contribution is 5.74.